The van der Waals surface area contributed by atoms with Gasteiger partial charge in [0, 0.05) is 12.1 Å². The minimum Gasteiger partial charge on any atom is -0.329 e. The fourth-order valence-electron chi connectivity index (χ4n) is 2.53. The highest BCUT2D eigenvalue weighted by Gasteiger charge is 2.25. The largest absolute Gasteiger partial charge is 0.329 e. The number of hydrogen-bond acceptors (Lipinski definition) is 4. The van der Waals surface area contributed by atoms with Gasteiger partial charge in [0.1, 0.15) is 6.54 Å². The Labute approximate surface area is 132 Å². The van der Waals surface area contributed by atoms with Gasteiger partial charge < -0.3 is 4.90 Å². The zero-order chi connectivity index (χ0) is 16.4. The van der Waals surface area contributed by atoms with Crippen molar-refractivity contribution < 1.29 is 14.0 Å². The summed E-state index contributed by atoms with van der Waals surface area (Å²) in [5.41, 5.74) is 2.75. The summed E-state index contributed by atoms with van der Waals surface area (Å²) in [6, 6.07) is 5.67. The molecule has 1 aromatic heterocycles. The molecule has 0 unspecified atom stereocenters. The number of hydrogen-bond donors (Lipinski definition) is 1. The Bertz CT molecular complexity index is 761. The molecule has 0 radical (unpaired) electrons. The molecule has 0 atom stereocenters. The highest BCUT2D eigenvalue weighted by molar-refractivity contribution is 6.00. The number of anilines is 1. The van der Waals surface area contributed by atoms with Crippen LogP contribution in [0.25, 0.3) is 0 Å². The third-order valence-corrected chi connectivity index (χ3v) is 3.64. The lowest BCUT2D eigenvalue weighted by molar-refractivity contribution is -0.117. The van der Waals surface area contributed by atoms with E-state index in [1.165, 1.54) is 4.90 Å². The minimum atomic E-state index is -0.582. The second-order valence-electron chi connectivity index (χ2n) is 5.41. The van der Waals surface area contributed by atoms with Crippen molar-refractivity contribution in [1.82, 2.24) is 14.9 Å². The number of fused-ring (bicyclic) bond motifs is 1. The summed E-state index contributed by atoms with van der Waals surface area (Å²) in [4.78, 5) is 33.2. The molecule has 2 amide bonds. The Hall–Kier alpha value is -2.83. The topological polar surface area (TPSA) is 75.2 Å². The van der Waals surface area contributed by atoms with E-state index >= 15 is 0 Å². The Balaban J connectivity index is 1.66. The van der Waals surface area contributed by atoms with E-state index in [0.717, 1.165) is 23.5 Å². The molecule has 0 bridgehead atoms. The Kier molecular flexibility index (Phi) is 4.01. The molecule has 2 heterocycles. The van der Waals surface area contributed by atoms with E-state index in [4.69, 9.17) is 0 Å². The number of nitrogens with zero attached hydrogens (tertiary/aromatic N) is 3. The van der Waals surface area contributed by atoms with Gasteiger partial charge in [0.05, 0.1) is 12.4 Å². The first-order valence-electron chi connectivity index (χ1n) is 7.19. The van der Waals surface area contributed by atoms with E-state index in [0.29, 0.717) is 18.5 Å². The smallest absolute Gasteiger partial charge is 0.254 e. The monoisotopic (exact) mass is 314 g/mol. The molecule has 1 N–H and O–H groups in total. The van der Waals surface area contributed by atoms with Crippen LogP contribution in [0.1, 0.15) is 21.5 Å². The highest BCUT2D eigenvalue weighted by Crippen LogP contribution is 2.20. The van der Waals surface area contributed by atoms with Crippen molar-refractivity contribution in [3.8, 4) is 0 Å². The third-order valence-electron chi connectivity index (χ3n) is 3.64. The number of nitrogens with one attached hydrogen (secondary N) is 1. The molecule has 6 nitrogen and oxygen atoms in total. The summed E-state index contributed by atoms with van der Waals surface area (Å²) in [6.07, 6.45) is 2.64. The molecule has 2 aromatic rings. The molecule has 0 saturated carbocycles. The van der Waals surface area contributed by atoms with Gasteiger partial charge in [0.2, 0.25) is 11.9 Å². The maximum atomic E-state index is 12.7. The fraction of sp³-hybridized carbons (Fsp3) is 0.250. The van der Waals surface area contributed by atoms with Crippen LogP contribution in [0.3, 0.4) is 0 Å². The standard InChI is InChI=1S/C16H15FN4O2/c1-10-2-3-13-11(6-10)4-5-21(15(13)23)9-14(22)20-16-18-7-12(17)8-19-16/h2-3,6-8H,4-5,9H2,1H3,(H,18,19,20,22). The molecule has 0 spiro atoms. The number of aromatic nitrogens is 2. The van der Waals surface area contributed by atoms with E-state index in [9.17, 15) is 14.0 Å². The normalized spacial score (nSPS) is 13.7. The van der Waals surface area contributed by atoms with Crippen LogP contribution < -0.4 is 5.32 Å². The molecular weight excluding hydrogens is 299 g/mol. The molecule has 118 valence electrons. The van der Waals surface area contributed by atoms with E-state index < -0.39 is 11.7 Å². The molecule has 0 saturated heterocycles. The lowest BCUT2D eigenvalue weighted by Crippen LogP contribution is -2.42. The molecule has 0 aliphatic carbocycles. The Morgan fingerprint density at radius 3 is 2.83 bits per heavy atom. The molecule has 23 heavy (non-hydrogen) atoms. The van der Waals surface area contributed by atoms with Crippen molar-refractivity contribution in [2.24, 2.45) is 0 Å². The highest BCUT2D eigenvalue weighted by atomic mass is 19.1. The number of carbonyl (C=O) groups is 2. The van der Waals surface area contributed by atoms with Gasteiger partial charge in [-0.15, -0.1) is 0 Å². The first kappa shape index (κ1) is 15.1. The zero-order valence-corrected chi connectivity index (χ0v) is 12.5. The van der Waals surface area contributed by atoms with Gasteiger partial charge in [0.15, 0.2) is 5.82 Å². The molecule has 7 heteroatoms. The molecule has 1 aliphatic rings. The average molecular weight is 314 g/mol. The van der Waals surface area contributed by atoms with Gasteiger partial charge in [-0.05, 0) is 25.0 Å². The van der Waals surface area contributed by atoms with Crippen LogP contribution >= 0.6 is 0 Å². The van der Waals surface area contributed by atoms with E-state index in [-0.39, 0.29) is 18.4 Å². The quantitative estimate of drug-likeness (QED) is 0.933. The number of aryl methyl sites for hydroxylation is 1. The first-order chi connectivity index (χ1) is 11.0. The molecule has 0 fully saturated rings. The average Bonchev–Trinajstić information content (AvgIpc) is 2.52. The maximum absolute atomic E-state index is 12.7. The lowest BCUT2D eigenvalue weighted by Gasteiger charge is -2.28. The predicted octanol–water partition coefficient (Wildman–Crippen LogP) is 1.56. The van der Waals surface area contributed by atoms with Crippen LogP contribution in [-0.2, 0) is 11.2 Å². The van der Waals surface area contributed by atoms with Gasteiger partial charge in [-0.2, -0.15) is 0 Å². The number of rotatable bonds is 3. The van der Waals surface area contributed by atoms with Crippen molar-refractivity contribution >= 4 is 17.8 Å². The zero-order valence-electron chi connectivity index (χ0n) is 12.5. The summed E-state index contributed by atoms with van der Waals surface area (Å²) in [5, 5.41) is 2.45. The third kappa shape index (κ3) is 3.33. The summed E-state index contributed by atoms with van der Waals surface area (Å²) in [5.74, 6) is -1.15. The SMILES string of the molecule is Cc1ccc2c(c1)CCN(CC(=O)Nc1ncc(F)cn1)C2=O. The van der Waals surface area contributed by atoms with Crippen LogP contribution in [-0.4, -0.2) is 39.8 Å². The van der Waals surface area contributed by atoms with Crippen LogP contribution in [0.2, 0.25) is 0 Å². The predicted molar refractivity (Wildman–Crippen MR) is 81.4 cm³/mol. The van der Waals surface area contributed by atoms with E-state index in [2.05, 4.69) is 15.3 Å². The molecule has 3 rings (SSSR count). The summed E-state index contributed by atoms with van der Waals surface area (Å²) >= 11 is 0. The fourth-order valence-corrected chi connectivity index (χ4v) is 2.53. The van der Waals surface area contributed by atoms with Crippen molar-refractivity contribution in [2.45, 2.75) is 13.3 Å². The first-order valence-corrected chi connectivity index (χ1v) is 7.19. The molecule has 1 aliphatic heterocycles. The Morgan fingerprint density at radius 2 is 2.09 bits per heavy atom. The van der Waals surface area contributed by atoms with Gasteiger partial charge in [-0.25, -0.2) is 14.4 Å². The second-order valence-corrected chi connectivity index (χ2v) is 5.41. The van der Waals surface area contributed by atoms with Crippen molar-refractivity contribution in [1.29, 1.82) is 0 Å². The number of halogens is 1. The van der Waals surface area contributed by atoms with Crippen molar-refractivity contribution in [2.75, 3.05) is 18.4 Å². The van der Waals surface area contributed by atoms with Gasteiger partial charge in [-0.1, -0.05) is 17.7 Å². The van der Waals surface area contributed by atoms with Gasteiger partial charge >= 0.3 is 0 Å². The Morgan fingerprint density at radius 1 is 1.35 bits per heavy atom. The summed E-state index contributed by atoms with van der Waals surface area (Å²) < 4.78 is 12.7. The number of amides is 2. The summed E-state index contributed by atoms with van der Waals surface area (Å²) in [7, 11) is 0. The second kappa shape index (κ2) is 6.12. The van der Waals surface area contributed by atoms with Crippen LogP contribution in [0.5, 0.6) is 0 Å². The maximum Gasteiger partial charge on any atom is 0.254 e. The summed E-state index contributed by atoms with van der Waals surface area (Å²) in [6.45, 7) is 2.37. The van der Waals surface area contributed by atoms with E-state index in [1.54, 1.807) is 6.07 Å². The lowest BCUT2D eigenvalue weighted by atomic mass is 9.97. The van der Waals surface area contributed by atoms with Crippen LogP contribution in [0, 0.1) is 12.7 Å². The van der Waals surface area contributed by atoms with Crippen LogP contribution in [0.15, 0.2) is 30.6 Å². The van der Waals surface area contributed by atoms with Crippen molar-refractivity contribution in [3.05, 3.63) is 53.1 Å². The molecule has 1 aromatic carbocycles. The number of carbonyl (C=O) groups excluding carboxylic acids is 2. The van der Waals surface area contributed by atoms with Crippen LogP contribution in [0.4, 0.5) is 10.3 Å². The van der Waals surface area contributed by atoms with Gasteiger partial charge in [-0.3, -0.25) is 14.9 Å². The minimum absolute atomic E-state index is 0.0110. The van der Waals surface area contributed by atoms with E-state index in [1.807, 2.05) is 19.1 Å². The molecular formula is C16H15FN4O2. The van der Waals surface area contributed by atoms with Gasteiger partial charge in [0.25, 0.3) is 5.91 Å². The van der Waals surface area contributed by atoms with Crippen molar-refractivity contribution in [3.63, 3.8) is 0 Å². The number of benzene rings is 1.